The number of carboxylic acid groups (broad SMARTS) is 1. The van der Waals surface area contributed by atoms with Crippen molar-refractivity contribution in [3.05, 3.63) is 42.5 Å². The zero-order valence-corrected chi connectivity index (χ0v) is 12.5. The number of hydrogen-bond donors (Lipinski definition) is 2. The van der Waals surface area contributed by atoms with Crippen LogP contribution in [0, 0.1) is 30.3 Å². The molecule has 0 aliphatic rings. The Morgan fingerprint density at radius 3 is 2.12 bits per heavy atom. The molecule has 0 aliphatic heterocycles. The number of nitro groups is 3. The SMILES string of the molecule is CCCCC(Nc1ccc([N+](=O)[O-])c([N+](=O)[O-])c1[N+](=O)[O-])C(=O)O. The molecule has 0 aromatic heterocycles. The molecule has 0 fully saturated rings. The van der Waals surface area contributed by atoms with Crippen molar-refractivity contribution in [2.45, 2.75) is 32.2 Å². The van der Waals surface area contributed by atoms with E-state index in [-0.39, 0.29) is 6.42 Å². The van der Waals surface area contributed by atoms with E-state index in [1.54, 1.807) is 0 Å². The smallest absolute Gasteiger partial charge is 0.424 e. The number of nitro benzene ring substituents is 3. The average Bonchev–Trinajstić information content (AvgIpc) is 2.49. The molecule has 12 nitrogen and oxygen atoms in total. The molecule has 24 heavy (non-hydrogen) atoms. The fraction of sp³-hybridized carbons (Fsp3) is 0.417. The van der Waals surface area contributed by atoms with Crippen LogP contribution >= 0.6 is 0 Å². The summed E-state index contributed by atoms with van der Waals surface area (Å²) in [6, 6.07) is 0.405. The summed E-state index contributed by atoms with van der Waals surface area (Å²) in [6.45, 7) is 1.82. The largest absolute Gasteiger partial charge is 0.480 e. The van der Waals surface area contributed by atoms with E-state index in [0.717, 1.165) is 12.1 Å². The van der Waals surface area contributed by atoms with E-state index in [1.165, 1.54) is 0 Å². The highest BCUT2D eigenvalue weighted by molar-refractivity contribution is 5.83. The second kappa shape index (κ2) is 7.80. The first-order chi connectivity index (χ1) is 11.2. The summed E-state index contributed by atoms with van der Waals surface area (Å²) in [5, 5.41) is 44.6. The van der Waals surface area contributed by atoms with Crippen molar-refractivity contribution in [2.24, 2.45) is 0 Å². The van der Waals surface area contributed by atoms with E-state index in [0.29, 0.717) is 12.8 Å². The lowest BCUT2D eigenvalue weighted by Gasteiger charge is -2.15. The zero-order valence-electron chi connectivity index (χ0n) is 12.5. The van der Waals surface area contributed by atoms with Gasteiger partial charge in [0.15, 0.2) is 0 Å². The number of carboxylic acids is 1. The van der Waals surface area contributed by atoms with E-state index in [4.69, 9.17) is 5.11 Å². The van der Waals surface area contributed by atoms with E-state index in [9.17, 15) is 35.1 Å². The third-order valence-corrected chi connectivity index (χ3v) is 3.17. The highest BCUT2D eigenvalue weighted by atomic mass is 16.6. The second-order valence-electron chi connectivity index (χ2n) is 4.78. The van der Waals surface area contributed by atoms with Gasteiger partial charge >= 0.3 is 23.0 Å². The molecule has 1 atom stereocenters. The highest BCUT2D eigenvalue weighted by Gasteiger charge is 2.39. The van der Waals surface area contributed by atoms with Crippen LogP contribution in [-0.2, 0) is 4.79 Å². The Kier molecular flexibility index (Phi) is 6.09. The Morgan fingerprint density at radius 1 is 1.12 bits per heavy atom. The summed E-state index contributed by atoms with van der Waals surface area (Å²) in [5.74, 6) is -1.29. The molecular formula is C12H14N4O8. The van der Waals surface area contributed by atoms with Crippen LogP contribution in [0.15, 0.2) is 12.1 Å². The summed E-state index contributed by atoms with van der Waals surface area (Å²) in [4.78, 5) is 40.8. The summed E-state index contributed by atoms with van der Waals surface area (Å²) >= 11 is 0. The van der Waals surface area contributed by atoms with Crippen molar-refractivity contribution in [3.8, 4) is 0 Å². The van der Waals surface area contributed by atoms with E-state index in [2.05, 4.69) is 5.32 Å². The van der Waals surface area contributed by atoms with E-state index < -0.39 is 49.5 Å². The lowest BCUT2D eigenvalue weighted by Crippen LogP contribution is -2.29. The van der Waals surface area contributed by atoms with E-state index >= 15 is 0 Å². The van der Waals surface area contributed by atoms with Crippen molar-refractivity contribution in [1.29, 1.82) is 0 Å². The van der Waals surface area contributed by atoms with Gasteiger partial charge in [-0.25, -0.2) is 4.79 Å². The normalized spacial score (nSPS) is 11.5. The number of unbranched alkanes of at least 4 members (excludes halogenated alkanes) is 1. The number of aliphatic carboxylic acids is 1. The summed E-state index contributed by atoms with van der Waals surface area (Å²) in [7, 11) is 0. The third-order valence-electron chi connectivity index (χ3n) is 3.17. The van der Waals surface area contributed by atoms with Crippen LogP contribution in [-0.4, -0.2) is 31.9 Å². The Balaban J connectivity index is 3.45. The minimum Gasteiger partial charge on any atom is -0.480 e. The zero-order chi connectivity index (χ0) is 18.4. The van der Waals surface area contributed by atoms with Crippen molar-refractivity contribution < 1.29 is 24.7 Å². The van der Waals surface area contributed by atoms with Crippen LogP contribution in [0.25, 0.3) is 0 Å². The van der Waals surface area contributed by atoms with Crippen molar-refractivity contribution >= 4 is 28.7 Å². The summed E-state index contributed by atoms with van der Waals surface area (Å²) in [5.41, 5.74) is -3.94. The molecule has 0 spiro atoms. The third kappa shape index (κ3) is 4.12. The fourth-order valence-electron chi connectivity index (χ4n) is 2.05. The molecule has 0 radical (unpaired) electrons. The monoisotopic (exact) mass is 342 g/mol. The average molecular weight is 342 g/mol. The van der Waals surface area contributed by atoms with Gasteiger partial charge in [0, 0.05) is 6.07 Å². The molecule has 1 aromatic carbocycles. The Labute approximate surface area is 134 Å². The first-order valence-corrected chi connectivity index (χ1v) is 6.80. The van der Waals surface area contributed by atoms with E-state index in [1.807, 2.05) is 6.92 Å². The van der Waals surface area contributed by atoms with Crippen LogP contribution < -0.4 is 5.32 Å². The molecule has 130 valence electrons. The summed E-state index contributed by atoms with van der Waals surface area (Å²) in [6.07, 6.45) is 1.31. The maximum Gasteiger partial charge on any atom is 0.424 e. The molecular weight excluding hydrogens is 328 g/mol. The second-order valence-corrected chi connectivity index (χ2v) is 4.78. The van der Waals surface area contributed by atoms with Gasteiger partial charge < -0.3 is 10.4 Å². The number of carbonyl (C=O) groups is 1. The summed E-state index contributed by atoms with van der Waals surface area (Å²) < 4.78 is 0. The van der Waals surface area contributed by atoms with Gasteiger partial charge in [-0.05, 0) is 12.5 Å². The number of benzene rings is 1. The fourth-order valence-corrected chi connectivity index (χ4v) is 2.05. The number of hydrogen-bond acceptors (Lipinski definition) is 8. The topological polar surface area (TPSA) is 179 Å². The van der Waals surface area contributed by atoms with Crippen molar-refractivity contribution in [3.63, 3.8) is 0 Å². The Bertz CT molecular complexity index is 690. The first-order valence-electron chi connectivity index (χ1n) is 6.80. The Hall–Kier alpha value is -3.31. The lowest BCUT2D eigenvalue weighted by atomic mass is 10.1. The molecule has 1 rings (SSSR count). The van der Waals surface area contributed by atoms with Gasteiger partial charge in [0.1, 0.15) is 11.7 Å². The van der Waals surface area contributed by atoms with Gasteiger partial charge in [0.05, 0.1) is 14.8 Å². The highest BCUT2D eigenvalue weighted by Crippen LogP contribution is 2.42. The standard InChI is InChI=1S/C12H14N4O8/c1-2-3-4-8(12(17)18)13-7-5-6-9(14(19)20)11(16(23)24)10(7)15(21)22/h5-6,8,13H,2-4H2,1H3,(H,17,18). The number of nitrogens with one attached hydrogen (secondary N) is 1. The molecule has 0 heterocycles. The van der Waals surface area contributed by atoms with Crippen LogP contribution in [0.5, 0.6) is 0 Å². The van der Waals surface area contributed by atoms with Gasteiger partial charge in [-0.2, -0.15) is 0 Å². The van der Waals surface area contributed by atoms with Crippen molar-refractivity contribution in [1.82, 2.24) is 0 Å². The molecule has 12 heteroatoms. The number of anilines is 1. The quantitative estimate of drug-likeness (QED) is 0.503. The van der Waals surface area contributed by atoms with Crippen LogP contribution in [0.2, 0.25) is 0 Å². The van der Waals surface area contributed by atoms with Crippen LogP contribution in [0.1, 0.15) is 26.2 Å². The lowest BCUT2D eigenvalue weighted by molar-refractivity contribution is -0.440. The van der Waals surface area contributed by atoms with Gasteiger partial charge in [0.2, 0.25) is 0 Å². The molecule has 0 amide bonds. The predicted octanol–water partition coefficient (Wildman–Crippen LogP) is 2.47. The minimum absolute atomic E-state index is 0.133. The minimum atomic E-state index is -1.30. The molecule has 1 aromatic rings. The molecule has 0 bridgehead atoms. The molecule has 2 N–H and O–H groups in total. The maximum atomic E-state index is 11.2. The predicted molar refractivity (Wildman–Crippen MR) is 81.0 cm³/mol. The van der Waals surface area contributed by atoms with Gasteiger partial charge in [-0.15, -0.1) is 0 Å². The van der Waals surface area contributed by atoms with Gasteiger partial charge in [-0.1, -0.05) is 19.8 Å². The number of nitrogens with zero attached hydrogens (tertiary/aromatic N) is 3. The Morgan fingerprint density at radius 2 is 1.71 bits per heavy atom. The van der Waals surface area contributed by atoms with Crippen molar-refractivity contribution in [2.75, 3.05) is 5.32 Å². The maximum absolute atomic E-state index is 11.2. The molecule has 0 saturated heterocycles. The molecule has 0 aliphatic carbocycles. The van der Waals surface area contributed by atoms with Gasteiger partial charge in [-0.3, -0.25) is 30.3 Å². The molecule has 0 saturated carbocycles. The van der Waals surface area contributed by atoms with Gasteiger partial charge in [0.25, 0.3) is 0 Å². The molecule has 1 unspecified atom stereocenters. The van der Waals surface area contributed by atoms with Crippen LogP contribution in [0.3, 0.4) is 0 Å². The van der Waals surface area contributed by atoms with Crippen LogP contribution in [0.4, 0.5) is 22.7 Å². The first kappa shape index (κ1) is 18.7. The number of rotatable bonds is 9.